The first-order valence-corrected chi connectivity index (χ1v) is 8.35. The lowest BCUT2D eigenvalue weighted by atomic mass is 10.0. The first-order chi connectivity index (χ1) is 12.4. The number of hydrogen-bond acceptors (Lipinski definition) is 5. The minimum Gasteiger partial charge on any atom is -0.550 e. The molecule has 136 valence electrons. The van der Waals surface area contributed by atoms with Crippen LogP contribution in [-0.2, 0) is 11.2 Å². The highest BCUT2D eigenvalue weighted by atomic mass is 32.1. The zero-order valence-corrected chi connectivity index (χ0v) is 15.6. The summed E-state index contributed by atoms with van der Waals surface area (Å²) in [6.07, 6.45) is -0.231. The number of carboxylic acid groups (broad SMARTS) is 1. The molecular weight excluding hydrogens is 350 g/mol. The number of aliphatic carboxylic acids is 1. The molecule has 0 unspecified atom stereocenters. The van der Waals surface area contributed by atoms with E-state index in [-0.39, 0.29) is 6.42 Å². The molecule has 26 heavy (non-hydrogen) atoms. The molecule has 0 saturated heterocycles. The van der Waals surface area contributed by atoms with Crippen molar-refractivity contribution < 1.29 is 14.6 Å². The van der Waals surface area contributed by atoms with Crippen molar-refractivity contribution >= 4 is 34.7 Å². The molecule has 0 spiro atoms. The first-order valence-electron chi connectivity index (χ1n) is 7.94. The molecule has 0 heterocycles. The van der Waals surface area contributed by atoms with Gasteiger partial charge in [-0.25, -0.2) is 0 Å². The summed E-state index contributed by atoms with van der Waals surface area (Å²) in [7, 11) is 1.49. The van der Waals surface area contributed by atoms with Gasteiger partial charge in [-0.1, -0.05) is 17.7 Å². The predicted octanol–water partition coefficient (Wildman–Crippen LogP) is 2.01. The van der Waals surface area contributed by atoms with Crippen LogP contribution >= 0.6 is 12.2 Å². The normalized spacial score (nSPS) is 11.0. The quantitative estimate of drug-likeness (QED) is 0.460. The van der Waals surface area contributed by atoms with Gasteiger partial charge in [-0.3, -0.25) is 5.43 Å². The van der Waals surface area contributed by atoms with E-state index in [2.05, 4.69) is 15.8 Å². The maximum atomic E-state index is 10.9. The molecule has 2 aromatic rings. The van der Waals surface area contributed by atoms with Gasteiger partial charge in [0.1, 0.15) is 5.75 Å². The van der Waals surface area contributed by atoms with Crippen molar-refractivity contribution in [1.82, 2.24) is 5.43 Å². The molecule has 0 amide bonds. The maximum Gasteiger partial charge on any atom is 0.191 e. The smallest absolute Gasteiger partial charge is 0.191 e. The fourth-order valence-electron chi connectivity index (χ4n) is 2.29. The zero-order chi connectivity index (χ0) is 19.1. The Hall–Kier alpha value is -2.93. The fraction of sp³-hybridized carbons (Fsp3) is 0.211. The first kappa shape index (κ1) is 19.4. The van der Waals surface area contributed by atoms with E-state index in [0.29, 0.717) is 22.1 Å². The van der Waals surface area contributed by atoms with Crippen molar-refractivity contribution in [3.63, 3.8) is 0 Å². The molecular formula is C19H20N3O3S-. The molecule has 0 aromatic heterocycles. The number of aryl methyl sites for hydroxylation is 1. The number of carboxylic acids is 1. The largest absolute Gasteiger partial charge is 0.550 e. The lowest BCUT2D eigenvalue weighted by Crippen LogP contribution is -2.25. The number of benzene rings is 2. The van der Waals surface area contributed by atoms with E-state index in [1.807, 2.05) is 31.2 Å². The Morgan fingerprint density at radius 3 is 2.54 bits per heavy atom. The van der Waals surface area contributed by atoms with E-state index in [4.69, 9.17) is 17.0 Å². The minimum atomic E-state index is -1.17. The third-order valence-electron chi connectivity index (χ3n) is 3.67. The van der Waals surface area contributed by atoms with E-state index in [0.717, 1.165) is 16.8 Å². The fourth-order valence-corrected chi connectivity index (χ4v) is 2.46. The van der Waals surface area contributed by atoms with Gasteiger partial charge in [0, 0.05) is 23.6 Å². The number of nitrogens with zero attached hydrogens (tertiary/aromatic N) is 1. The second-order valence-electron chi connectivity index (χ2n) is 5.70. The standard InChI is InChI=1S/C19H21N3O3S/c1-12-4-7-16(8-5-12)20-19(26)22-21-13(2)14-6-9-17(25-3)15(10-14)11-18(23)24/h4-10H,11H2,1-3H3,(H,23,24)(H2,20,22,26)/p-1/b21-13-. The molecule has 2 aromatic carbocycles. The average Bonchev–Trinajstić information content (AvgIpc) is 2.61. The van der Waals surface area contributed by atoms with E-state index >= 15 is 0 Å². The SMILES string of the molecule is COc1ccc(/C(C)=N\NC(=S)Nc2ccc(C)cc2)cc1CC(=O)[O-]. The van der Waals surface area contributed by atoms with Crippen molar-refractivity contribution in [3.8, 4) is 5.75 Å². The Kier molecular flexibility index (Phi) is 6.68. The van der Waals surface area contributed by atoms with E-state index in [1.54, 1.807) is 25.1 Å². The number of thiocarbonyl (C=S) groups is 1. The monoisotopic (exact) mass is 370 g/mol. The Bertz CT molecular complexity index is 832. The number of methoxy groups -OCH3 is 1. The molecule has 2 rings (SSSR count). The lowest BCUT2D eigenvalue weighted by Gasteiger charge is -2.12. The van der Waals surface area contributed by atoms with Crippen LogP contribution in [0.5, 0.6) is 5.75 Å². The molecule has 0 aliphatic carbocycles. The summed E-state index contributed by atoms with van der Waals surface area (Å²) in [6.45, 7) is 3.81. The zero-order valence-electron chi connectivity index (χ0n) is 14.8. The topological polar surface area (TPSA) is 85.8 Å². The average molecular weight is 370 g/mol. The number of ether oxygens (including phenoxy) is 1. The molecule has 0 aliphatic rings. The number of carbonyl (C=O) groups excluding carboxylic acids is 1. The van der Waals surface area contributed by atoms with Crippen LogP contribution in [-0.4, -0.2) is 23.9 Å². The molecule has 0 atom stereocenters. The number of nitrogens with one attached hydrogen (secondary N) is 2. The van der Waals surface area contributed by atoms with E-state index in [1.165, 1.54) is 7.11 Å². The van der Waals surface area contributed by atoms with Gasteiger partial charge in [0.05, 0.1) is 12.8 Å². The highest BCUT2D eigenvalue weighted by Crippen LogP contribution is 2.20. The van der Waals surface area contributed by atoms with Gasteiger partial charge in [-0.15, -0.1) is 0 Å². The lowest BCUT2D eigenvalue weighted by molar-refractivity contribution is -0.304. The highest BCUT2D eigenvalue weighted by molar-refractivity contribution is 7.80. The van der Waals surface area contributed by atoms with Crippen LogP contribution in [0, 0.1) is 6.92 Å². The highest BCUT2D eigenvalue weighted by Gasteiger charge is 2.07. The number of anilines is 1. The maximum absolute atomic E-state index is 10.9. The summed E-state index contributed by atoms with van der Waals surface area (Å²) >= 11 is 5.22. The van der Waals surface area contributed by atoms with Crippen molar-refractivity contribution in [2.45, 2.75) is 20.3 Å². The van der Waals surface area contributed by atoms with Gasteiger partial charge in [-0.05, 0) is 62.0 Å². The summed E-state index contributed by atoms with van der Waals surface area (Å²) < 4.78 is 5.18. The summed E-state index contributed by atoms with van der Waals surface area (Å²) in [4.78, 5) is 10.9. The van der Waals surface area contributed by atoms with Crippen LogP contribution in [0.25, 0.3) is 0 Å². The van der Waals surface area contributed by atoms with Gasteiger partial charge in [0.2, 0.25) is 0 Å². The molecule has 0 fully saturated rings. The van der Waals surface area contributed by atoms with Gasteiger partial charge >= 0.3 is 0 Å². The molecule has 7 heteroatoms. The van der Waals surface area contributed by atoms with Crippen molar-refractivity contribution in [1.29, 1.82) is 0 Å². The van der Waals surface area contributed by atoms with Crippen LogP contribution in [0.4, 0.5) is 5.69 Å². The van der Waals surface area contributed by atoms with Crippen LogP contribution in [0.3, 0.4) is 0 Å². The summed E-state index contributed by atoms with van der Waals surface area (Å²) in [5.74, 6) is -0.674. The van der Waals surface area contributed by atoms with Crippen LogP contribution < -0.4 is 20.6 Å². The van der Waals surface area contributed by atoms with E-state index < -0.39 is 5.97 Å². The third kappa shape index (κ3) is 5.56. The predicted molar refractivity (Wildman–Crippen MR) is 104 cm³/mol. The van der Waals surface area contributed by atoms with Gasteiger partial charge in [0.25, 0.3) is 0 Å². The number of hydrazone groups is 1. The third-order valence-corrected chi connectivity index (χ3v) is 3.86. The van der Waals surface area contributed by atoms with Crippen molar-refractivity contribution in [3.05, 3.63) is 59.2 Å². The number of rotatable bonds is 6. The van der Waals surface area contributed by atoms with E-state index in [9.17, 15) is 9.90 Å². The Labute approximate surface area is 157 Å². The van der Waals surface area contributed by atoms with Gasteiger partial charge < -0.3 is 20.0 Å². The molecule has 0 bridgehead atoms. The van der Waals surface area contributed by atoms with Crippen molar-refractivity contribution in [2.24, 2.45) is 5.10 Å². The summed E-state index contributed by atoms with van der Waals surface area (Å²) in [5, 5.41) is 18.5. The molecule has 0 saturated carbocycles. The Balaban J connectivity index is 2.07. The van der Waals surface area contributed by atoms with Gasteiger partial charge in [0.15, 0.2) is 5.11 Å². The molecule has 2 N–H and O–H groups in total. The summed E-state index contributed by atoms with van der Waals surface area (Å²) in [6, 6.07) is 13.0. The van der Waals surface area contributed by atoms with Crippen LogP contribution in [0.1, 0.15) is 23.6 Å². The summed E-state index contributed by atoms with van der Waals surface area (Å²) in [5.41, 5.74) is 6.74. The molecule has 0 radical (unpaired) electrons. The second kappa shape index (κ2) is 8.96. The molecule has 6 nitrogen and oxygen atoms in total. The van der Waals surface area contributed by atoms with Crippen LogP contribution in [0.15, 0.2) is 47.6 Å². The molecule has 0 aliphatic heterocycles. The van der Waals surface area contributed by atoms with Crippen molar-refractivity contribution in [2.75, 3.05) is 12.4 Å². The number of carbonyl (C=O) groups is 1. The minimum absolute atomic E-state index is 0.231. The Morgan fingerprint density at radius 1 is 1.23 bits per heavy atom. The second-order valence-corrected chi connectivity index (χ2v) is 6.11. The Morgan fingerprint density at radius 2 is 1.92 bits per heavy atom. The van der Waals surface area contributed by atoms with Gasteiger partial charge in [-0.2, -0.15) is 5.10 Å². The van der Waals surface area contributed by atoms with Crippen LogP contribution in [0.2, 0.25) is 0 Å². The number of hydrogen-bond donors (Lipinski definition) is 2.